The van der Waals surface area contributed by atoms with E-state index in [1.54, 1.807) is 13.2 Å². The fraction of sp³-hybridized carbons (Fsp3) is 0.600. The van der Waals surface area contributed by atoms with Crippen LogP contribution < -0.4 is 10.1 Å². The molecule has 0 saturated carbocycles. The summed E-state index contributed by atoms with van der Waals surface area (Å²) in [6, 6.07) is 5.00. The lowest BCUT2D eigenvalue weighted by atomic mass is 10.1. The van der Waals surface area contributed by atoms with Gasteiger partial charge in [-0.3, -0.25) is 0 Å². The number of methoxy groups -OCH3 is 1. The quantitative estimate of drug-likeness (QED) is 0.786. The maximum Gasteiger partial charge on any atom is 0.165 e. The molecule has 0 aliphatic rings. The minimum absolute atomic E-state index is 0.257. The van der Waals surface area contributed by atoms with Crippen LogP contribution in [-0.4, -0.2) is 25.9 Å². The highest BCUT2D eigenvalue weighted by Crippen LogP contribution is 2.24. The predicted octanol–water partition coefficient (Wildman–Crippen LogP) is 3.13. The number of benzene rings is 1. The van der Waals surface area contributed by atoms with E-state index in [0.29, 0.717) is 25.3 Å². The van der Waals surface area contributed by atoms with Gasteiger partial charge in [-0.1, -0.05) is 19.1 Å². The second-order valence-electron chi connectivity index (χ2n) is 5.07. The van der Waals surface area contributed by atoms with Gasteiger partial charge < -0.3 is 14.8 Å². The van der Waals surface area contributed by atoms with Crippen LogP contribution in [0.3, 0.4) is 0 Å². The van der Waals surface area contributed by atoms with Crippen molar-refractivity contribution >= 4 is 0 Å². The van der Waals surface area contributed by atoms with Crippen molar-refractivity contribution in [2.24, 2.45) is 0 Å². The van der Waals surface area contributed by atoms with E-state index in [-0.39, 0.29) is 11.4 Å². The SMILES string of the molecule is CCNCc1cccc(F)c1OCCC(C)(C)OC. The Morgan fingerprint density at radius 1 is 1.32 bits per heavy atom. The lowest BCUT2D eigenvalue weighted by molar-refractivity contribution is 0.00504. The molecular weight excluding hydrogens is 245 g/mol. The molecule has 0 aromatic heterocycles. The van der Waals surface area contributed by atoms with Crippen molar-refractivity contribution in [3.63, 3.8) is 0 Å². The van der Waals surface area contributed by atoms with Crippen LogP contribution in [0.1, 0.15) is 32.8 Å². The molecule has 0 heterocycles. The second kappa shape index (κ2) is 7.46. The summed E-state index contributed by atoms with van der Waals surface area (Å²) in [4.78, 5) is 0. The van der Waals surface area contributed by atoms with Gasteiger partial charge in [-0.05, 0) is 26.5 Å². The largest absolute Gasteiger partial charge is 0.490 e. The second-order valence-corrected chi connectivity index (χ2v) is 5.07. The summed E-state index contributed by atoms with van der Waals surface area (Å²) in [5, 5.41) is 3.18. The zero-order chi connectivity index (χ0) is 14.3. The summed E-state index contributed by atoms with van der Waals surface area (Å²) in [5.74, 6) is 0.0287. The number of hydrogen-bond acceptors (Lipinski definition) is 3. The van der Waals surface area contributed by atoms with E-state index in [4.69, 9.17) is 9.47 Å². The maximum absolute atomic E-state index is 13.8. The van der Waals surface area contributed by atoms with Gasteiger partial charge in [0.15, 0.2) is 11.6 Å². The predicted molar refractivity (Wildman–Crippen MR) is 75.0 cm³/mol. The molecular formula is C15H24FNO2. The van der Waals surface area contributed by atoms with Gasteiger partial charge in [-0.2, -0.15) is 0 Å². The number of para-hydroxylation sites is 1. The van der Waals surface area contributed by atoms with Crippen molar-refractivity contribution in [2.75, 3.05) is 20.3 Å². The molecule has 0 bridgehead atoms. The number of nitrogens with one attached hydrogen (secondary N) is 1. The summed E-state index contributed by atoms with van der Waals surface area (Å²) in [6.07, 6.45) is 0.707. The van der Waals surface area contributed by atoms with Gasteiger partial charge in [-0.15, -0.1) is 0 Å². The van der Waals surface area contributed by atoms with E-state index in [9.17, 15) is 4.39 Å². The summed E-state index contributed by atoms with van der Waals surface area (Å²) < 4.78 is 24.7. The van der Waals surface area contributed by atoms with Gasteiger partial charge >= 0.3 is 0 Å². The Hall–Kier alpha value is -1.13. The minimum Gasteiger partial charge on any atom is -0.490 e. The molecule has 1 rings (SSSR count). The van der Waals surface area contributed by atoms with Crippen LogP contribution in [0, 0.1) is 5.82 Å². The fourth-order valence-electron chi connectivity index (χ4n) is 1.61. The summed E-state index contributed by atoms with van der Waals surface area (Å²) in [6.45, 7) is 7.86. The van der Waals surface area contributed by atoms with E-state index in [0.717, 1.165) is 12.1 Å². The van der Waals surface area contributed by atoms with Crippen LogP contribution >= 0.6 is 0 Å². The van der Waals surface area contributed by atoms with Crippen LogP contribution in [0.15, 0.2) is 18.2 Å². The number of ether oxygens (including phenoxy) is 2. The monoisotopic (exact) mass is 269 g/mol. The van der Waals surface area contributed by atoms with E-state index in [1.807, 2.05) is 26.8 Å². The molecule has 0 unspecified atom stereocenters. The van der Waals surface area contributed by atoms with Crippen molar-refractivity contribution in [3.05, 3.63) is 29.6 Å². The van der Waals surface area contributed by atoms with E-state index >= 15 is 0 Å². The third-order valence-corrected chi connectivity index (χ3v) is 3.12. The third-order valence-electron chi connectivity index (χ3n) is 3.12. The lowest BCUT2D eigenvalue weighted by Crippen LogP contribution is -2.25. The summed E-state index contributed by atoms with van der Waals surface area (Å²) in [7, 11) is 1.67. The number of rotatable bonds is 8. The molecule has 0 spiro atoms. The van der Waals surface area contributed by atoms with Gasteiger partial charge in [-0.25, -0.2) is 4.39 Å². The van der Waals surface area contributed by atoms with Crippen LogP contribution in [0.25, 0.3) is 0 Å². The van der Waals surface area contributed by atoms with E-state index < -0.39 is 0 Å². The van der Waals surface area contributed by atoms with Crippen molar-refractivity contribution < 1.29 is 13.9 Å². The molecule has 0 radical (unpaired) electrons. The molecule has 0 aliphatic heterocycles. The smallest absolute Gasteiger partial charge is 0.165 e. The first kappa shape index (κ1) is 15.9. The van der Waals surface area contributed by atoms with Gasteiger partial charge in [0, 0.05) is 25.6 Å². The molecule has 108 valence electrons. The van der Waals surface area contributed by atoms with Gasteiger partial charge in [0.05, 0.1) is 12.2 Å². The standard InChI is InChI=1S/C15H24FNO2/c1-5-17-11-12-7-6-8-13(16)14(12)19-10-9-15(2,3)18-4/h6-8,17H,5,9-11H2,1-4H3. The van der Waals surface area contributed by atoms with Crippen LogP contribution in [0.2, 0.25) is 0 Å². The first-order valence-electron chi connectivity index (χ1n) is 6.66. The Balaban J connectivity index is 2.65. The van der Waals surface area contributed by atoms with Crippen molar-refractivity contribution in [1.29, 1.82) is 0 Å². The highest BCUT2D eigenvalue weighted by atomic mass is 19.1. The normalized spacial score (nSPS) is 11.6. The third kappa shape index (κ3) is 5.17. The molecule has 0 fully saturated rings. The van der Waals surface area contributed by atoms with Gasteiger partial charge in [0.1, 0.15) is 0 Å². The Labute approximate surface area is 115 Å². The molecule has 1 N–H and O–H groups in total. The molecule has 0 aliphatic carbocycles. The highest BCUT2D eigenvalue weighted by molar-refractivity contribution is 5.34. The van der Waals surface area contributed by atoms with E-state index in [1.165, 1.54) is 6.07 Å². The summed E-state index contributed by atoms with van der Waals surface area (Å²) in [5.41, 5.74) is 0.588. The zero-order valence-corrected chi connectivity index (χ0v) is 12.3. The minimum atomic E-state index is -0.314. The molecule has 1 aromatic rings. The molecule has 4 heteroatoms. The van der Waals surface area contributed by atoms with Gasteiger partial charge in [0.2, 0.25) is 0 Å². The first-order chi connectivity index (χ1) is 9.00. The van der Waals surface area contributed by atoms with Gasteiger partial charge in [0.25, 0.3) is 0 Å². The number of hydrogen-bond donors (Lipinski definition) is 1. The first-order valence-corrected chi connectivity index (χ1v) is 6.66. The fourth-order valence-corrected chi connectivity index (χ4v) is 1.61. The van der Waals surface area contributed by atoms with Crippen molar-refractivity contribution in [2.45, 2.75) is 39.3 Å². The maximum atomic E-state index is 13.8. The Kier molecular flexibility index (Phi) is 6.25. The van der Waals surface area contributed by atoms with Crippen molar-refractivity contribution in [1.82, 2.24) is 5.32 Å². The van der Waals surface area contributed by atoms with Crippen LogP contribution in [0.5, 0.6) is 5.75 Å². The average molecular weight is 269 g/mol. The molecule has 1 aromatic carbocycles. The molecule has 0 atom stereocenters. The molecule has 3 nitrogen and oxygen atoms in total. The molecule has 0 amide bonds. The molecule has 0 saturated heterocycles. The topological polar surface area (TPSA) is 30.5 Å². The van der Waals surface area contributed by atoms with Crippen molar-refractivity contribution in [3.8, 4) is 5.75 Å². The Morgan fingerprint density at radius 3 is 2.68 bits per heavy atom. The highest BCUT2D eigenvalue weighted by Gasteiger charge is 2.17. The van der Waals surface area contributed by atoms with Crippen LogP contribution in [-0.2, 0) is 11.3 Å². The van der Waals surface area contributed by atoms with E-state index in [2.05, 4.69) is 5.32 Å². The summed E-state index contributed by atoms with van der Waals surface area (Å²) >= 11 is 0. The van der Waals surface area contributed by atoms with Crippen LogP contribution in [0.4, 0.5) is 4.39 Å². The number of halogens is 1. The molecule has 19 heavy (non-hydrogen) atoms. The lowest BCUT2D eigenvalue weighted by Gasteiger charge is -2.23. The Morgan fingerprint density at radius 2 is 2.05 bits per heavy atom. The zero-order valence-electron chi connectivity index (χ0n) is 12.3. The average Bonchev–Trinajstić information content (AvgIpc) is 2.38. The Bertz CT molecular complexity index is 394.